The zero-order valence-corrected chi connectivity index (χ0v) is 11.5. The molecule has 0 radical (unpaired) electrons. The fourth-order valence-corrected chi connectivity index (χ4v) is 2.17. The third kappa shape index (κ3) is 8.11. The molecule has 0 aromatic rings. The Balaban J connectivity index is 0. The van der Waals surface area contributed by atoms with Crippen molar-refractivity contribution in [2.75, 3.05) is 13.2 Å². The van der Waals surface area contributed by atoms with E-state index < -0.39 is 53.0 Å². The Morgan fingerprint density at radius 3 is 1.86 bits per heavy atom. The highest BCUT2D eigenvalue weighted by atomic mass is 31.2. The van der Waals surface area contributed by atoms with Gasteiger partial charge in [-0.15, -0.1) is 0 Å². The molecule has 0 aromatic heterocycles. The van der Waals surface area contributed by atoms with Crippen LogP contribution in [0, 0.1) is 0 Å². The van der Waals surface area contributed by atoms with Gasteiger partial charge in [-0.25, -0.2) is 9.13 Å². The minimum atomic E-state index is -4.96. The van der Waals surface area contributed by atoms with E-state index in [2.05, 4.69) is 13.8 Å². The van der Waals surface area contributed by atoms with Gasteiger partial charge in [0, 0.05) is 0 Å². The topological polar surface area (TPSA) is 203 Å². The molecule has 1 fully saturated rings. The van der Waals surface area contributed by atoms with Crippen molar-refractivity contribution < 1.29 is 57.8 Å². The van der Waals surface area contributed by atoms with Crippen LogP contribution in [0.1, 0.15) is 0 Å². The zero-order valence-electron chi connectivity index (χ0n) is 9.71. The molecule has 1 aliphatic rings. The third-order valence-electron chi connectivity index (χ3n) is 2.37. The Kier molecular flexibility index (Phi) is 11.0. The van der Waals surface area contributed by atoms with Gasteiger partial charge in [-0.1, -0.05) is 0 Å². The lowest BCUT2D eigenvalue weighted by Crippen LogP contribution is -2.46. The van der Waals surface area contributed by atoms with E-state index in [0.717, 1.165) is 0 Å². The van der Waals surface area contributed by atoms with E-state index in [0.29, 0.717) is 0 Å². The molecule has 0 bridgehead atoms. The molecule has 0 unspecified atom stereocenters. The van der Waals surface area contributed by atoms with Gasteiger partial charge in [-0.2, -0.15) is 0 Å². The second-order valence-electron chi connectivity index (χ2n) is 3.99. The van der Waals surface area contributed by atoms with E-state index >= 15 is 0 Å². The van der Waals surface area contributed by atoms with Gasteiger partial charge < -0.3 is 39.6 Å². The van der Waals surface area contributed by atoms with Gasteiger partial charge in [0.05, 0.1) is 6.61 Å². The van der Waals surface area contributed by atoms with Gasteiger partial charge in [0.1, 0.15) is 24.9 Å². The first-order valence-corrected chi connectivity index (χ1v) is 8.07. The average Bonchev–Trinajstić information content (AvgIpc) is 2.48. The van der Waals surface area contributed by atoms with Crippen LogP contribution in [0.5, 0.6) is 0 Å². The Bertz CT molecular complexity index is 437. The van der Waals surface area contributed by atoms with Gasteiger partial charge in [0.25, 0.3) is 0 Å². The number of rotatable bonds is 6. The first-order chi connectivity index (χ1) is 8.84. The first-order valence-electron chi connectivity index (χ1n) is 5.00. The Hall–Kier alpha value is 1.59. The van der Waals surface area contributed by atoms with Crippen molar-refractivity contribution in [2.24, 2.45) is 0 Å². The highest BCUT2D eigenvalue weighted by molar-refractivity contribution is 7.46. The van der Waals surface area contributed by atoms with Crippen LogP contribution in [0.15, 0.2) is 0 Å². The number of aliphatic hydroxyl groups excluding tert-OH is 2. The second kappa shape index (κ2) is 9.33. The molecule has 0 saturated carbocycles. The normalized spacial score (nSPS) is 32.2. The largest absolute Gasteiger partial charge is 0.469 e. The number of ether oxygens (including phenoxy) is 1. The number of aliphatic hydroxyl groups is 3. The van der Waals surface area contributed by atoms with Crippen LogP contribution in [0.25, 0.3) is 0 Å². The number of phosphoric ester groups is 2. The Morgan fingerprint density at radius 2 is 1.45 bits per heavy atom. The monoisotopic (exact) mass is 392 g/mol. The van der Waals surface area contributed by atoms with Crippen LogP contribution in [0.3, 0.4) is 0 Å². The van der Waals surface area contributed by atoms with Gasteiger partial charge in [0.15, 0.2) is 0 Å². The molecule has 4 atom stereocenters. The summed E-state index contributed by atoms with van der Waals surface area (Å²) < 4.78 is 33.6. The molecule has 0 aromatic carbocycles. The van der Waals surface area contributed by atoms with Crippen molar-refractivity contribution in [3.8, 4) is 0 Å². The summed E-state index contributed by atoms with van der Waals surface area (Å²) in [6.45, 7) is -2.05. The molecule has 1 heterocycles. The van der Waals surface area contributed by atoms with Crippen molar-refractivity contribution in [3.63, 3.8) is 0 Å². The van der Waals surface area contributed by atoms with E-state index in [1.165, 1.54) is 0 Å². The van der Waals surface area contributed by atoms with Gasteiger partial charge in [-0.3, -0.25) is 9.05 Å². The van der Waals surface area contributed by atoms with Gasteiger partial charge in [-0.05, 0) is 0 Å². The fourth-order valence-electron chi connectivity index (χ4n) is 1.47. The van der Waals surface area contributed by atoms with E-state index in [1.807, 2.05) is 0 Å². The van der Waals surface area contributed by atoms with Crippen LogP contribution in [-0.2, 0) is 22.9 Å². The van der Waals surface area contributed by atoms with E-state index in [9.17, 15) is 24.4 Å². The molecular formula is C6H18Mg2O12P2. The summed E-state index contributed by atoms with van der Waals surface area (Å²) in [5, 5.41) is 28.8. The van der Waals surface area contributed by atoms with Gasteiger partial charge >= 0.3 is 61.8 Å². The molecular weight excluding hydrogens is 375 g/mol. The molecule has 0 amide bonds. The molecule has 7 N–H and O–H groups in total. The maximum absolute atomic E-state index is 10.5. The molecule has 16 heteroatoms. The lowest BCUT2D eigenvalue weighted by atomic mass is 10.1. The molecule has 0 spiro atoms. The summed E-state index contributed by atoms with van der Waals surface area (Å²) in [6.07, 6.45) is -5.38. The van der Waals surface area contributed by atoms with E-state index in [1.54, 1.807) is 0 Å². The van der Waals surface area contributed by atoms with Crippen LogP contribution < -0.4 is 0 Å². The van der Waals surface area contributed by atoms with Crippen molar-refractivity contribution in [2.45, 2.75) is 24.1 Å². The number of hydrogen-bond acceptors (Lipinski definition) is 8. The predicted molar refractivity (Wildman–Crippen MR) is 74.9 cm³/mol. The SMILES string of the molecule is O=P(O)(O)OC[C@H]1O[C@](O)(COP(=O)(O)O)[C@@H](O)[C@@H]1O.[MgH2].[MgH2]. The van der Waals surface area contributed by atoms with Crippen molar-refractivity contribution in [1.82, 2.24) is 0 Å². The lowest BCUT2D eigenvalue weighted by molar-refractivity contribution is -0.245. The van der Waals surface area contributed by atoms with Gasteiger partial charge in [0.2, 0.25) is 5.79 Å². The summed E-state index contributed by atoms with van der Waals surface area (Å²) in [6, 6.07) is 0. The molecule has 1 aliphatic heterocycles. The Labute approximate surface area is 156 Å². The maximum Gasteiger partial charge on any atom is 0.469 e. The fraction of sp³-hybridized carbons (Fsp3) is 1.00. The highest BCUT2D eigenvalue weighted by Gasteiger charge is 2.54. The van der Waals surface area contributed by atoms with Crippen molar-refractivity contribution >= 4 is 61.8 Å². The molecule has 22 heavy (non-hydrogen) atoms. The minimum absolute atomic E-state index is 0. The predicted octanol–water partition coefficient (Wildman–Crippen LogP) is -4.82. The minimum Gasteiger partial charge on any atom is -0.387 e. The second-order valence-corrected chi connectivity index (χ2v) is 6.47. The number of hydrogen-bond donors (Lipinski definition) is 7. The van der Waals surface area contributed by atoms with Crippen LogP contribution in [0.4, 0.5) is 0 Å². The summed E-state index contributed by atoms with van der Waals surface area (Å²) in [4.78, 5) is 33.9. The van der Waals surface area contributed by atoms with Crippen molar-refractivity contribution in [1.29, 1.82) is 0 Å². The highest BCUT2D eigenvalue weighted by Crippen LogP contribution is 2.41. The first kappa shape index (κ1) is 25.8. The Morgan fingerprint density at radius 1 is 1.00 bits per heavy atom. The standard InChI is InChI=1S/C6H14O12P2.2Mg.4H/c7-4-3(1-16-19(10,11)12)18-6(9,5(4)8)2-17-20(13,14)15;;;;;;/h3-5,7-9H,1-2H2,(H2,10,11,12)(H2,13,14,15);;;;;;/t3-,4-,5+,6-;;;;;;/m1....../s1. The molecule has 0 aliphatic carbocycles. The summed E-state index contributed by atoms with van der Waals surface area (Å²) in [7, 11) is -9.82. The number of phosphoric acid groups is 2. The van der Waals surface area contributed by atoms with Crippen LogP contribution in [0.2, 0.25) is 0 Å². The summed E-state index contributed by atoms with van der Waals surface area (Å²) in [5.74, 6) is -2.66. The molecule has 128 valence electrons. The van der Waals surface area contributed by atoms with Crippen LogP contribution >= 0.6 is 15.6 Å². The molecule has 1 saturated heterocycles. The van der Waals surface area contributed by atoms with E-state index in [4.69, 9.17) is 19.6 Å². The van der Waals surface area contributed by atoms with E-state index in [-0.39, 0.29) is 46.1 Å². The summed E-state index contributed by atoms with van der Waals surface area (Å²) in [5.41, 5.74) is 0. The average molecular weight is 393 g/mol. The smallest absolute Gasteiger partial charge is 0.387 e. The third-order valence-corrected chi connectivity index (χ3v) is 3.32. The molecule has 12 nitrogen and oxygen atoms in total. The van der Waals surface area contributed by atoms with Crippen LogP contribution in [-0.4, -0.2) is 118 Å². The molecule has 1 rings (SSSR count). The van der Waals surface area contributed by atoms with Crippen molar-refractivity contribution in [3.05, 3.63) is 0 Å². The zero-order chi connectivity index (χ0) is 15.8. The maximum atomic E-state index is 10.5. The summed E-state index contributed by atoms with van der Waals surface area (Å²) >= 11 is 0. The quantitative estimate of drug-likeness (QED) is 0.168. The lowest BCUT2D eigenvalue weighted by Gasteiger charge is -2.25.